The van der Waals surface area contributed by atoms with E-state index in [1.165, 1.54) is 16.9 Å². The number of nitrogens with zero attached hydrogens (tertiary/aromatic N) is 4. The maximum atomic E-state index is 6.07. The third kappa shape index (κ3) is 2.92. The van der Waals surface area contributed by atoms with Crippen LogP contribution in [0.5, 0.6) is 11.5 Å². The quantitative estimate of drug-likeness (QED) is 0.496. The van der Waals surface area contributed by atoms with Gasteiger partial charge in [0.25, 0.3) is 0 Å². The molecular formula is C21H20N4O2S. The fourth-order valence-electron chi connectivity index (χ4n) is 3.21. The zero-order valence-corrected chi connectivity index (χ0v) is 16.7. The van der Waals surface area contributed by atoms with Gasteiger partial charge in [-0.15, -0.1) is 10.2 Å². The Labute approximate surface area is 166 Å². The molecule has 2 aromatic heterocycles. The van der Waals surface area contributed by atoms with E-state index in [0.717, 1.165) is 21.3 Å². The van der Waals surface area contributed by atoms with Crippen molar-refractivity contribution in [3.8, 4) is 22.1 Å². The van der Waals surface area contributed by atoms with Crippen LogP contribution in [0, 0.1) is 0 Å². The van der Waals surface area contributed by atoms with Crippen molar-refractivity contribution in [2.45, 2.75) is 32.3 Å². The van der Waals surface area contributed by atoms with Crippen molar-refractivity contribution in [1.29, 1.82) is 0 Å². The number of benzene rings is 2. The molecule has 5 rings (SSSR count). The summed E-state index contributed by atoms with van der Waals surface area (Å²) >= 11 is 1.52. The average Bonchev–Trinajstić information content (AvgIpc) is 3.28. The van der Waals surface area contributed by atoms with E-state index in [9.17, 15) is 0 Å². The van der Waals surface area contributed by atoms with Gasteiger partial charge in [-0.3, -0.25) is 0 Å². The second-order valence-corrected chi connectivity index (χ2v) is 8.81. The number of hydrogen-bond donors (Lipinski definition) is 0. The van der Waals surface area contributed by atoms with E-state index in [1.54, 1.807) is 4.52 Å². The molecule has 0 bridgehead atoms. The highest BCUT2D eigenvalue weighted by molar-refractivity contribution is 7.19. The molecule has 0 saturated heterocycles. The molecule has 1 aliphatic heterocycles. The van der Waals surface area contributed by atoms with Gasteiger partial charge in [-0.2, -0.15) is 9.61 Å². The lowest BCUT2D eigenvalue weighted by molar-refractivity contribution is 0.0836. The zero-order valence-electron chi connectivity index (χ0n) is 15.9. The highest BCUT2D eigenvalue weighted by Crippen LogP contribution is 2.36. The minimum atomic E-state index is -0.344. The first-order valence-corrected chi connectivity index (χ1v) is 10.0. The maximum Gasteiger partial charge on any atom is 0.235 e. The summed E-state index contributed by atoms with van der Waals surface area (Å²) in [6, 6.07) is 16.2. The Hall–Kier alpha value is -2.93. The summed E-state index contributed by atoms with van der Waals surface area (Å²) in [6.07, 6.45) is -0.344. The third-order valence-electron chi connectivity index (χ3n) is 4.81. The van der Waals surface area contributed by atoms with Crippen LogP contribution < -0.4 is 9.47 Å². The van der Waals surface area contributed by atoms with E-state index in [4.69, 9.17) is 14.6 Å². The van der Waals surface area contributed by atoms with Crippen LogP contribution in [0.25, 0.3) is 15.5 Å². The second-order valence-electron chi connectivity index (χ2n) is 7.85. The SMILES string of the molecule is CC(C)(C)c1ccc(-c2nn3c([C@@H]4COc5ccccc5O4)nnc3s2)cc1. The first-order chi connectivity index (χ1) is 13.5. The van der Waals surface area contributed by atoms with Crippen LogP contribution in [0.3, 0.4) is 0 Å². The molecule has 1 atom stereocenters. The van der Waals surface area contributed by atoms with Crippen molar-refractivity contribution in [2.75, 3.05) is 6.61 Å². The van der Waals surface area contributed by atoms with Crippen molar-refractivity contribution >= 4 is 16.3 Å². The summed E-state index contributed by atoms with van der Waals surface area (Å²) in [4.78, 5) is 0.743. The van der Waals surface area contributed by atoms with Crippen molar-refractivity contribution < 1.29 is 9.47 Å². The molecule has 0 amide bonds. The van der Waals surface area contributed by atoms with Gasteiger partial charge in [0.15, 0.2) is 23.4 Å². The summed E-state index contributed by atoms with van der Waals surface area (Å²) in [5, 5.41) is 14.2. The summed E-state index contributed by atoms with van der Waals surface area (Å²) < 4.78 is 13.6. The minimum absolute atomic E-state index is 0.127. The van der Waals surface area contributed by atoms with Gasteiger partial charge < -0.3 is 9.47 Å². The van der Waals surface area contributed by atoms with Crippen molar-refractivity contribution in [3.63, 3.8) is 0 Å². The molecule has 0 unspecified atom stereocenters. The molecule has 142 valence electrons. The van der Waals surface area contributed by atoms with Crippen LogP contribution in [-0.2, 0) is 5.41 Å². The van der Waals surface area contributed by atoms with Crippen LogP contribution >= 0.6 is 11.3 Å². The smallest absolute Gasteiger partial charge is 0.235 e. The highest BCUT2D eigenvalue weighted by atomic mass is 32.1. The number of aromatic nitrogens is 4. The Morgan fingerprint density at radius 2 is 1.75 bits per heavy atom. The van der Waals surface area contributed by atoms with Crippen molar-refractivity contribution in [3.05, 3.63) is 59.9 Å². The molecule has 1 aliphatic rings. The fourth-order valence-corrected chi connectivity index (χ4v) is 4.06. The molecule has 0 radical (unpaired) electrons. The van der Waals surface area contributed by atoms with Crippen molar-refractivity contribution in [2.24, 2.45) is 0 Å². The third-order valence-corrected chi connectivity index (χ3v) is 5.76. The van der Waals surface area contributed by atoms with Gasteiger partial charge in [-0.25, -0.2) is 0 Å². The van der Waals surface area contributed by atoms with Crippen LogP contribution in [0.2, 0.25) is 0 Å². The summed E-state index contributed by atoms with van der Waals surface area (Å²) in [5.41, 5.74) is 2.49. The molecule has 6 nitrogen and oxygen atoms in total. The number of ether oxygens (including phenoxy) is 2. The molecule has 0 aliphatic carbocycles. The van der Waals surface area contributed by atoms with E-state index < -0.39 is 0 Å². The lowest BCUT2D eigenvalue weighted by atomic mass is 9.87. The first-order valence-electron chi connectivity index (χ1n) is 9.20. The highest BCUT2D eigenvalue weighted by Gasteiger charge is 2.28. The van der Waals surface area contributed by atoms with Gasteiger partial charge in [0.1, 0.15) is 11.6 Å². The van der Waals surface area contributed by atoms with Gasteiger partial charge >= 0.3 is 0 Å². The van der Waals surface area contributed by atoms with E-state index in [0.29, 0.717) is 18.2 Å². The van der Waals surface area contributed by atoms with Crippen LogP contribution in [0.4, 0.5) is 0 Å². The fraction of sp³-hybridized carbons (Fsp3) is 0.286. The first kappa shape index (κ1) is 17.2. The summed E-state index contributed by atoms with van der Waals surface area (Å²) in [7, 11) is 0. The van der Waals surface area contributed by atoms with Crippen molar-refractivity contribution in [1.82, 2.24) is 19.8 Å². The average molecular weight is 392 g/mol. The minimum Gasteiger partial charge on any atom is -0.485 e. The lowest BCUT2D eigenvalue weighted by Crippen LogP contribution is -2.23. The largest absolute Gasteiger partial charge is 0.485 e. The normalized spacial score (nSPS) is 16.5. The van der Waals surface area contributed by atoms with Gasteiger partial charge in [0.05, 0.1) is 0 Å². The predicted octanol–water partition coefficient (Wildman–Crippen LogP) is 4.66. The van der Waals surface area contributed by atoms with E-state index >= 15 is 0 Å². The molecule has 0 fully saturated rings. The topological polar surface area (TPSA) is 61.5 Å². The van der Waals surface area contributed by atoms with Crippen LogP contribution in [0.15, 0.2) is 48.5 Å². The second kappa shape index (κ2) is 6.31. The molecule has 2 aromatic carbocycles. The number of rotatable bonds is 2. The molecule has 28 heavy (non-hydrogen) atoms. The molecule has 0 N–H and O–H groups in total. The molecular weight excluding hydrogens is 372 g/mol. The Kier molecular flexibility index (Phi) is 3.87. The van der Waals surface area contributed by atoms with Gasteiger partial charge in [0.2, 0.25) is 4.96 Å². The Balaban J connectivity index is 1.46. The lowest BCUT2D eigenvalue weighted by Gasteiger charge is -2.24. The maximum absolute atomic E-state index is 6.07. The molecule has 0 spiro atoms. The van der Waals surface area contributed by atoms with E-state index in [2.05, 4.69) is 55.2 Å². The van der Waals surface area contributed by atoms with Gasteiger partial charge in [-0.1, -0.05) is 68.5 Å². The molecule has 7 heteroatoms. The van der Waals surface area contributed by atoms with Crippen LogP contribution in [0.1, 0.15) is 38.3 Å². The number of hydrogen-bond acceptors (Lipinski definition) is 6. The number of para-hydroxylation sites is 2. The Morgan fingerprint density at radius 3 is 2.50 bits per heavy atom. The molecule has 3 heterocycles. The Morgan fingerprint density at radius 1 is 1.00 bits per heavy atom. The van der Waals surface area contributed by atoms with Gasteiger partial charge in [0, 0.05) is 5.56 Å². The van der Waals surface area contributed by atoms with E-state index in [-0.39, 0.29) is 11.5 Å². The summed E-state index contributed by atoms with van der Waals surface area (Å²) in [5.74, 6) is 2.11. The van der Waals surface area contributed by atoms with Crippen LogP contribution in [-0.4, -0.2) is 26.4 Å². The Bertz CT molecular complexity index is 1140. The standard InChI is InChI=1S/C21H20N4O2S/c1-21(2,3)14-10-8-13(9-11-14)19-24-25-18(22-23-20(25)28-19)17-12-26-15-6-4-5-7-16(15)27-17/h4-11,17H,12H2,1-3H3/t17-/m0/s1. The van der Waals surface area contributed by atoms with E-state index in [1.807, 2.05) is 24.3 Å². The molecule has 4 aromatic rings. The predicted molar refractivity (Wildman–Crippen MR) is 108 cm³/mol. The number of fused-ring (bicyclic) bond motifs is 2. The monoisotopic (exact) mass is 392 g/mol. The summed E-state index contributed by atoms with van der Waals surface area (Å²) in [6.45, 7) is 7.01. The van der Waals surface area contributed by atoms with Gasteiger partial charge in [-0.05, 0) is 23.1 Å². The zero-order chi connectivity index (χ0) is 19.3. The molecule has 0 saturated carbocycles.